The van der Waals surface area contributed by atoms with Crippen molar-refractivity contribution in [3.05, 3.63) is 47.8 Å². The summed E-state index contributed by atoms with van der Waals surface area (Å²) < 4.78 is 13.2. The summed E-state index contributed by atoms with van der Waals surface area (Å²) in [6.07, 6.45) is 6.43. The summed E-state index contributed by atoms with van der Waals surface area (Å²) in [6, 6.07) is 6.27. The third-order valence-electron chi connectivity index (χ3n) is 4.44. The zero-order valence-corrected chi connectivity index (χ0v) is 15.8. The van der Waals surface area contributed by atoms with Crippen LogP contribution in [0.4, 0.5) is 4.39 Å². The van der Waals surface area contributed by atoms with Crippen molar-refractivity contribution in [2.24, 2.45) is 0 Å². The zero-order valence-electron chi connectivity index (χ0n) is 15.0. The monoisotopic (exact) mass is 381 g/mol. The van der Waals surface area contributed by atoms with Gasteiger partial charge in [0.15, 0.2) is 0 Å². The molecule has 2 atom stereocenters. The molecule has 0 aromatic heterocycles. The maximum Gasteiger partial charge on any atom is 0.223 e. The Labute approximate surface area is 159 Å². The molecule has 1 aromatic carbocycles. The Bertz CT molecular complexity index is 596. The zero-order chi connectivity index (χ0) is 18.8. The van der Waals surface area contributed by atoms with Gasteiger partial charge in [-0.05, 0) is 42.7 Å². The molecule has 0 unspecified atom stereocenters. The lowest BCUT2D eigenvalue weighted by atomic mass is 10.1. The molecule has 1 aliphatic rings. The van der Waals surface area contributed by atoms with Crippen LogP contribution in [0.25, 0.3) is 0 Å². The lowest BCUT2D eigenvalue weighted by molar-refractivity contribution is -0.128. The summed E-state index contributed by atoms with van der Waals surface area (Å²) >= 11 is 1.80. The third-order valence-corrected chi connectivity index (χ3v) is 5.49. The van der Waals surface area contributed by atoms with Gasteiger partial charge in [-0.15, -0.1) is 0 Å². The molecule has 2 rings (SSSR count). The first-order valence-electron chi connectivity index (χ1n) is 9.19. The van der Waals surface area contributed by atoms with Gasteiger partial charge in [-0.25, -0.2) is 4.39 Å². The normalized spacial score (nSPS) is 18.8. The number of aliphatic hydroxyl groups excluding tert-OH is 2. The number of halogens is 1. The maximum atomic E-state index is 13.2. The molecule has 0 saturated carbocycles. The summed E-state index contributed by atoms with van der Waals surface area (Å²) in [6.45, 7) is 0.938. The van der Waals surface area contributed by atoms with Crippen LogP contribution < -0.4 is 0 Å². The van der Waals surface area contributed by atoms with Gasteiger partial charge in [0, 0.05) is 31.7 Å². The number of carbonyl (C=O) groups is 1. The Hall–Kier alpha value is -1.37. The van der Waals surface area contributed by atoms with Gasteiger partial charge in [0.25, 0.3) is 0 Å². The first-order valence-corrected chi connectivity index (χ1v) is 10.3. The highest BCUT2D eigenvalue weighted by Gasteiger charge is 2.28. The number of nitrogens with zero attached hydrogens (tertiary/aromatic N) is 1. The van der Waals surface area contributed by atoms with E-state index in [0.29, 0.717) is 19.4 Å². The van der Waals surface area contributed by atoms with E-state index in [4.69, 9.17) is 5.11 Å². The molecule has 144 valence electrons. The van der Waals surface area contributed by atoms with E-state index in [9.17, 15) is 14.3 Å². The van der Waals surface area contributed by atoms with E-state index in [1.807, 2.05) is 11.0 Å². The van der Waals surface area contributed by atoms with Crippen molar-refractivity contribution in [3.8, 4) is 0 Å². The molecule has 1 aliphatic heterocycles. The van der Waals surface area contributed by atoms with Gasteiger partial charge in [-0.1, -0.05) is 24.3 Å². The highest BCUT2D eigenvalue weighted by molar-refractivity contribution is 7.99. The largest absolute Gasteiger partial charge is 0.396 e. The molecule has 1 amide bonds. The van der Waals surface area contributed by atoms with Crippen molar-refractivity contribution in [3.63, 3.8) is 0 Å². The van der Waals surface area contributed by atoms with Gasteiger partial charge >= 0.3 is 0 Å². The number of rotatable bonds is 11. The van der Waals surface area contributed by atoms with Crippen LogP contribution >= 0.6 is 11.8 Å². The van der Waals surface area contributed by atoms with Crippen LogP contribution in [0.5, 0.6) is 0 Å². The molecule has 0 bridgehead atoms. The number of amides is 1. The smallest absolute Gasteiger partial charge is 0.223 e. The van der Waals surface area contributed by atoms with E-state index in [1.54, 1.807) is 30.0 Å². The fourth-order valence-corrected chi connectivity index (χ4v) is 4.00. The lowest BCUT2D eigenvalue weighted by Crippen LogP contribution is -2.34. The Morgan fingerprint density at radius 3 is 2.96 bits per heavy atom. The molecule has 0 radical (unpaired) electrons. The summed E-state index contributed by atoms with van der Waals surface area (Å²) in [5.74, 6) is 1.74. The predicted molar refractivity (Wildman–Crippen MR) is 104 cm³/mol. The van der Waals surface area contributed by atoms with Crippen molar-refractivity contribution in [2.45, 2.75) is 44.2 Å². The van der Waals surface area contributed by atoms with Crippen molar-refractivity contribution in [2.75, 3.05) is 24.7 Å². The topological polar surface area (TPSA) is 60.8 Å². The van der Waals surface area contributed by atoms with Crippen LogP contribution in [0.2, 0.25) is 0 Å². The van der Waals surface area contributed by atoms with Gasteiger partial charge < -0.3 is 15.1 Å². The van der Waals surface area contributed by atoms with Gasteiger partial charge in [-0.2, -0.15) is 11.8 Å². The number of hydrogen-bond acceptors (Lipinski definition) is 4. The highest BCUT2D eigenvalue weighted by atomic mass is 32.2. The average molecular weight is 382 g/mol. The quantitative estimate of drug-likeness (QED) is 0.457. The van der Waals surface area contributed by atoms with Crippen molar-refractivity contribution in [1.29, 1.82) is 0 Å². The number of likely N-dealkylation sites (tertiary alicyclic amines) is 1. The molecule has 1 heterocycles. The van der Waals surface area contributed by atoms with Gasteiger partial charge in [-0.3, -0.25) is 4.79 Å². The summed E-state index contributed by atoms with van der Waals surface area (Å²) in [4.78, 5) is 13.9. The molecule has 0 spiro atoms. The third kappa shape index (κ3) is 7.09. The van der Waals surface area contributed by atoms with Crippen molar-refractivity contribution < 1.29 is 19.4 Å². The highest BCUT2D eigenvalue weighted by Crippen LogP contribution is 2.21. The van der Waals surface area contributed by atoms with Gasteiger partial charge in [0.05, 0.1) is 12.1 Å². The van der Waals surface area contributed by atoms with E-state index >= 15 is 0 Å². The molecule has 1 fully saturated rings. The first kappa shape index (κ1) is 20.9. The van der Waals surface area contributed by atoms with Crippen LogP contribution in [0.1, 0.15) is 31.2 Å². The number of hydrogen-bond donors (Lipinski definition) is 2. The van der Waals surface area contributed by atoms with Crippen LogP contribution in [-0.2, 0) is 11.2 Å². The molecular formula is C20H28FNO3S. The number of unbranched alkanes of at least 4 members (excludes halogenated alkanes) is 1. The van der Waals surface area contributed by atoms with Gasteiger partial charge in [0.2, 0.25) is 5.91 Å². The molecule has 2 N–H and O–H groups in total. The number of thioether (sulfide) groups is 1. The average Bonchev–Trinajstić information content (AvgIpc) is 2.96. The minimum atomic E-state index is -0.692. The molecule has 6 heteroatoms. The molecule has 4 nitrogen and oxygen atoms in total. The summed E-state index contributed by atoms with van der Waals surface area (Å²) in [7, 11) is 0. The fourth-order valence-electron chi connectivity index (χ4n) is 3.06. The Balaban J connectivity index is 1.78. The molecule has 26 heavy (non-hydrogen) atoms. The van der Waals surface area contributed by atoms with Crippen molar-refractivity contribution >= 4 is 17.7 Å². The fraction of sp³-hybridized carbons (Fsp3) is 0.550. The second-order valence-corrected chi connectivity index (χ2v) is 7.75. The Kier molecular flexibility index (Phi) is 9.15. The second kappa shape index (κ2) is 11.4. The lowest BCUT2D eigenvalue weighted by Gasteiger charge is -2.22. The summed E-state index contributed by atoms with van der Waals surface area (Å²) in [5, 5.41) is 18.9. The summed E-state index contributed by atoms with van der Waals surface area (Å²) in [5.41, 5.74) is 0.751. The molecule has 1 saturated heterocycles. The van der Waals surface area contributed by atoms with Crippen LogP contribution in [0.15, 0.2) is 36.4 Å². The number of aliphatic hydroxyl groups is 2. The maximum absolute atomic E-state index is 13.2. The SMILES string of the molecule is O=C1CC[C@H](C=C[C@@H](O)Cc2cccc(F)c2)N1CCSCCCCO. The van der Waals surface area contributed by atoms with Crippen LogP contribution in [0, 0.1) is 5.82 Å². The van der Waals surface area contributed by atoms with E-state index in [1.165, 1.54) is 12.1 Å². The van der Waals surface area contributed by atoms with Crippen LogP contribution in [-0.4, -0.2) is 57.8 Å². The molecule has 1 aromatic rings. The Morgan fingerprint density at radius 1 is 1.35 bits per heavy atom. The van der Waals surface area contributed by atoms with E-state index in [2.05, 4.69) is 0 Å². The molecule has 0 aliphatic carbocycles. The standard InChI is InChI=1S/C20H28FNO3S/c21-17-5-3-4-16(14-17)15-19(24)8-6-18-7-9-20(25)22(18)10-13-26-12-2-1-11-23/h3-6,8,14,18-19,23-24H,1-2,7,9-13,15H2/t18-,19+/m0/s1. The Morgan fingerprint density at radius 2 is 2.19 bits per heavy atom. The van der Waals surface area contributed by atoms with Crippen LogP contribution in [0.3, 0.4) is 0 Å². The van der Waals surface area contributed by atoms with Gasteiger partial charge in [0.1, 0.15) is 5.82 Å². The minimum Gasteiger partial charge on any atom is -0.396 e. The predicted octanol–water partition coefficient (Wildman–Crippen LogP) is 2.78. The first-order chi connectivity index (χ1) is 12.6. The van der Waals surface area contributed by atoms with E-state index < -0.39 is 6.10 Å². The van der Waals surface area contributed by atoms with E-state index in [-0.39, 0.29) is 24.4 Å². The van der Waals surface area contributed by atoms with Crippen molar-refractivity contribution in [1.82, 2.24) is 4.90 Å². The number of benzene rings is 1. The molecular weight excluding hydrogens is 353 g/mol. The van der Waals surface area contributed by atoms with E-state index in [0.717, 1.165) is 36.3 Å². The minimum absolute atomic E-state index is 0.0303. The second-order valence-electron chi connectivity index (χ2n) is 6.52. The number of carbonyl (C=O) groups excluding carboxylic acids is 1.